The molecule has 5 rings (SSSR count). The topological polar surface area (TPSA) is 132 Å². The number of halogens is 2. The maximum Gasteiger partial charge on any atom is 0.413 e. The van der Waals surface area contributed by atoms with Crippen molar-refractivity contribution in [3.63, 3.8) is 0 Å². The Hall–Kier alpha value is -3.37. The predicted molar refractivity (Wildman–Crippen MR) is 134 cm³/mol. The fourth-order valence-corrected chi connectivity index (χ4v) is 4.50. The summed E-state index contributed by atoms with van der Waals surface area (Å²) in [5, 5.41) is 17.0. The second-order valence-corrected chi connectivity index (χ2v) is 8.83. The van der Waals surface area contributed by atoms with Crippen molar-refractivity contribution in [3.8, 4) is 17.0 Å². The standard InChI is InChI=1S/C24H26FN5O4.ClH/c1-3-24(32)8-14(9-24)34-23(31)30-18-7-13-6-15(19(25)20(26)17(13)11-28-18)16-10-29-22-21(12(16)2)27-4-5-33-22;/h6-7,10-11,14,27,32H,3-5,8-9,26H2,1-2H3,(H,28,30,31);1H. The highest BCUT2D eigenvalue weighted by Gasteiger charge is 2.43. The van der Waals surface area contributed by atoms with Crippen molar-refractivity contribution in [2.24, 2.45) is 0 Å². The van der Waals surface area contributed by atoms with Crippen molar-refractivity contribution >= 4 is 46.5 Å². The highest BCUT2D eigenvalue weighted by atomic mass is 35.5. The Balaban J connectivity index is 0.00000289. The summed E-state index contributed by atoms with van der Waals surface area (Å²) in [7, 11) is 0. The highest BCUT2D eigenvalue weighted by Crippen LogP contribution is 2.40. The van der Waals surface area contributed by atoms with E-state index in [1.807, 2.05) is 13.8 Å². The van der Waals surface area contributed by atoms with Gasteiger partial charge in [0.25, 0.3) is 0 Å². The molecule has 0 saturated heterocycles. The van der Waals surface area contributed by atoms with Crippen LogP contribution in [0.3, 0.4) is 0 Å². The number of hydrogen-bond donors (Lipinski definition) is 4. The first-order chi connectivity index (χ1) is 16.3. The summed E-state index contributed by atoms with van der Waals surface area (Å²) >= 11 is 0. The van der Waals surface area contributed by atoms with E-state index in [9.17, 15) is 9.90 Å². The van der Waals surface area contributed by atoms with Gasteiger partial charge in [-0.15, -0.1) is 12.4 Å². The van der Waals surface area contributed by atoms with Gasteiger partial charge >= 0.3 is 6.09 Å². The maximum absolute atomic E-state index is 15.3. The number of ether oxygens (including phenoxy) is 2. The monoisotopic (exact) mass is 503 g/mol. The van der Waals surface area contributed by atoms with Crippen LogP contribution < -0.4 is 21.1 Å². The van der Waals surface area contributed by atoms with Crippen LogP contribution in [0.2, 0.25) is 0 Å². The zero-order valence-corrected chi connectivity index (χ0v) is 20.2. The molecule has 5 N–H and O–H groups in total. The van der Waals surface area contributed by atoms with Crippen LogP contribution >= 0.6 is 12.4 Å². The predicted octanol–water partition coefficient (Wildman–Crippen LogP) is 4.40. The van der Waals surface area contributed by atoms with E-state index in [2.05, 4.69) is 20.6 Å². The number of rotatable bonds is 4. The van der Waals surface area contributed by atoms with Crippen molar-refractivity contribution in [3.05, 3.63) is 35.9 Å². The van der Waals surface area contributed by atoms with Crippen molar-refractivity contribution < 1.29 is 23.8 Å². The second kappa shape index (κ2) is 9.35. The molecule has 3 aromatic rings. The molecule has 186 valence electrons. The molecule has 1 amide bonds. The van der Waals surface area contributed by atoms with Crippen LogP contribution in [0.5, 0.6) is 5.88 Å². The molecule has 2 aromatic heterocycles. The number of aromatic nitrogens is 2. The Bertz CT molecular complexity index is 1300. The third-order valence-corrected chi connectivity index (χ3v) is 6.61. The second-order valence-electron chi connectivity index (χ2n) is 8.83. The molecule has 1 fully saturated rings. The lowest BCUT2D eigenvalue weighted by molar-refractivity contribution is -0.115. The van der Waals surface area contributed by atoms with Crippen molar-refractivity contribution in [2.45, 2.75) is 44.8 Å². The summed E-state index contributed by atoms with van der Waals surface area (Å²) < 4.78 is 26.2. The van der Waals surface area contributed by atoms with Crippen molar-refractivity contribution in [1.82, 2.24) is 9.97 Å². The Morgan fingerprint density at radius 2 is 2.11 bits per heavy atom. The number of carbonyl (C=O) groups is 1. The SMILES string of the molecule is CCC1(O)CC(OC(=O)Nc2cc3cc(-c4cnc5c(c4C)NCCO5)c(F)c(N)c3cn2)C1.Cl. The molecule has 2 aliphatic rings. The third-order valence-electron chi connectivity index (χ3n) is 6.61. The number of nitrogens with one attached hydrogen (secondary N) is 2. The Morgan fingerprint density at radius 1 is 1.34 bits per heavy atom. The molecule has 0 spiro atoms. The van der Waals surface area contributed by atoms with Crippen molar-refractivity contribution in [1.29, 1.82) is 0 Å². The van der Waals surface area contributed by atoms with Gasteiger partial charge in [-0.05, 0) is 36.4 Å². The number of anilines is 3. The molecular weight excluding hydrogens is 477 g/mol. The minimum absolute atomic E-state index is 0. The van der Waals surface area contributed by atoms with E-state index in [1.54, 1.807) is 18.3 Å². The molecule has 0 bridgehead atoms. The fourth-order valence-electron chi connectivity index (χ4n) is 4.50. The number of nitrogen functional groups attached to an aromatic ring is 1. The average Bonchev–Trinajstić information content (AvgIpc) is 2.81. The van der Waals surface area contributed by atoms with Gasteiger partial charge in [0.05, 0.1) is 11.3 Å². The van der Waals surface area contributed by atoms with E-state index in [-0.39, 0.29) is 30.0 Å². The molecule has 0 unspecified atom stereocenters. The minimum atomic E-state index is -0.754. The lowest BCUT2D eigenvalue weighted by atomic mass is 9.76. The number of nitrogens with zero attached hydrogens (tertiary/aromatic N) is 2. The third kappa shape index (κ3) is 4.51. The Kier molecular flexibility index (Phi) is 6.61. The number of benzene rings is 1. The van der Waals surface area contributed by atoms with Crippen LogP contribution in [0.25, 0.3) is 21.9 Å². The van der Waals surface area contributed by atoms with Crippen LogP contribution in [-0.4, -0.2) is 46.0 Å². The van der Waals surface area contributed by atoms with Gasteiger partial charge in [0, 0.05) is 48.3 Å². The first-order valence-corrected chi connectivity index (χ1v) is 11.2. The van der Waals surface area contributed by atoms with Gasteiger partial charge in [0.1, 0.15) is 24.2 Å². The van der Waals surface area contributed by atoms with Crippen LogP contribution in [0, 0.1) is 12.7 Å². The van der Waals surface area contributed by atoms with Gasteiger partial charge in [-0.25, -0.2) is 19.2 Å². The first-order valence-electron chi connectivity index (χ1n) is 11.2. The molecule has 1 aromatic carbocycles. The Labute approximate surface area is 207 Å². The van der Waals surface area contributed by atoms with Crippen LogP contribution in [0.4, 0.5) is 26.4 Å². The van der Waals surface area contributed by atoms with Crippen LogP contribution in [0.1, 0.15) is 31.7 Å². The fraction of sp³-hybridized carbons (Fsp3) is 0.375. The van der Waals surface area contributed by atoms with E-state index in [0.29, 0.717) is 60.2 Å². The molecule has 9 nitrogen and oxygen atoms in total. The molecule has 1 aliphatic heterocycles. The summed E-state index contributed by atoms with van der Waals surface area (Å²) in [6.45, 7) is 4.91. The number of hydrogen-bond acceptors (Lipinski definition) is 8. The normalized spacial score (nSPS) is 20.5. The molecule has 0 atom stereocenters. The van der Waals surface area contributed by atoms with Crippen molar-refractivity contribution in [2.75, 3.05) is 29.5 Å². The first kappa shape index (κ1) is 24.7. The van der Waals surface area contributed by atoms with E-state index < -0.39 is 17.5 Å². The lowest BCUT2D eigenvalue weighted by Gasteiger charge is -2.42. The Morgan fingerprint density at radius 3 is 2.86 bits per heavy atom. The summed E-state index contributed by atoms with van der Waals surface area (Å²) in [4.78, 5) is 20.8. The quantitative estimate of drug-likeness (QED) is 0.385. The van der Waals surface area contributed by atoms with Gasteiger partial charge in [0.2, 0.25) is 5.88 Å². The van der Waals surface area contributed by atoms with E-state index in [1.165, 1.54) is 6.20 Å². The zero-order valence-electron chi connectivity index (χ0n) is 19.4. The largest absolute Gasteiger partial charge is 0.474 e. The minimum Gasteiger partial charge on any atom is -0.474 e. The molecule has 3 heterocycles. The number of nitrogens with two attached hydrogens (primary N) is 1. The number of pyridine rings is 2. The number of aliphatic hydroxyl groups is 1. The molecule has 1 saturated carbocycles. The van der Waals surface area contributed by atoms with Gasteiger partial charge in [-0.1, -0.05) is 6.92 Å². The summed E-state index contributed by atoms with van der Waals surface area (Å²) in [5.41, 5.74) is 7.72. The summed E-state index contributed by atoms with van der Waals surface area (Å²) in [5.74, 6) is 0.166. The zero-order chi connectivity index (χ0) is 24.0. The number of fused-ring (bicyclic) bond motifs is 2. The summed E-state index contributed by atoms with van der Waals surface area (Å²) in [6, 6.07) is 3.27. The van der Waals surface area contributed by atoms with Gasteiger partial charge in [-0.3, -0.25) is 5.32 Å². The van der Waals surface area contributed by atoms with Gasteiger partial charge < -0.3 is 25.6 Å². The van der Waals surface area contributed by atoms with E-state index >= 15 is 4.39 Å². The molecule has 11 heteroatoms. The maximum atomic E-state index is 15.3. The van der Waals surface area contributed by atoms with Crippen LogP contribution in [-0.2, 0) is 4.74 Å². The lowest BCUT2D eigenvalue weighted by Crippen LogP contribution is -2.48. The molecule has 35 heavy (non-hydrogen) atoms. The average molecular weight is 504 g/mol. The number of amides is 1. The highest BCUT2D eigenvalue weighted by molar-refractivity contribution is 5.99. The van der Waals surface area contributed by atoms with Gasteiger partial charge in [0.15, 0.2) is 5.82 Å². The smallest absolute Gasteiger partial charge is 0.413 e. The van der Waals surface area contributed by atoms with Gasteiger partial charge in [-0.2, -0.15) is 0 Å². The molecule has 0 radical (unpaired) electrons. The molecular formula is C24H27ClFN5O4. The molecule has 1 aliphatic carbocycles. The number of carbonyl (C=O) groups excluding carboxylic acids is 1. The van der Waals surface area contributed by atoms with E-state index in [0.717, 1.165) is 11.3 Å². The van der Waals surface area contributed by atoms with Crippen LogP contribution in [0.15, 0.2) is 24.5 Å². The van der Waals surface area contributed by atoms with E-state index in [4.69, 9.17) is 15.2 Å². The summed E-state index contributed by atoms with van der Waals surface area (Å²) in [6.07, 6.45) is 3.43.